The molecular formula is C12H22O. The molecule has 2 atom stereocenters. The molecule has 0 N–H and O–H groups in total. The molecule has 0 aromatic rings. The van der Waals surface area contributed by atoms with Gasteiger partial charge in [0, 0.05) is 11.8 Å². The van der Waals surface area contributed by atoms with Gasteiger partial charge in [-0.1, -0.05) is 27.7 Å². The van der Waals surface area contributed by atoms with Crippen LogP contribution in [-0.2, 0) is 4.79 Å². The predicted octanol–water partition coefficient (Wildman–Crippen LogP) is 3.43. The summed E-state index contributed by atoms with van der Waals surface area (Å²) in [4.78, 5) is 11.7. The Morgan fingerprint density at radius 1 is 1.54 bits per heavy atom. The predicted molar refractivity (Wildman–Crippen MR) is 55.6 cm³/mol. The third kappa shape index (κ3) is 2.12. The highest BCUT2D eigenvalue weighted by Gasteiger charge is 2.40. The van der Waals surface area contributed by atoms with E-state index in [-0.39, 0.29) is 5.41 Å². The fourth-order valence-electron chi connectivity index (χ4n) is 2.54. The lowest BCUT2D eigenvalue weighted by Crippen LogP contribution is -2.24. The third-order valence-electron chi connectivity index (χ3n) is 3.72. The summed E-state index contributed by atoms with van der Waals surface area (Å²) in [5, 5.41) is 0. The van der Waals surface area contributed by atoms with Gasteiger partial charge in [0.1, 0.15) is 5.78 Å². The summed E-state index contributed by atoms with van der Waals surface area (Å²) in [5.74, 6) is 1.99. The van der Waals surface area contributed by atoms with Gasteiger partial charge in [-0.05, 0) is 31.1 Å². The van der Waals surface area contributed by atoms with Gasteiger partial charge in [0.05, 0.1) is 0 Å². The summed E-state index contributed by atoms with van der Waals surface area (Å²) < 4.78 is 0. The summed E-state index contributed by atoms with van der Waals surface area (Å²) in [7, 11) is 0. The quantitative estimate of drug-likeness (QED) is 0.653. The van der Waals surface area contributed by atoms with Crippen LogP contribution in [0.1, 0.15) is 53.4 Å². The van der Waals surface area contributed by atoms with Gasteiger partial charge >= 0.3 is 0 Å². The first kappa shape index (κ1) is 10.7. The Hall–Kier alpha value is -0.330. The molecule has 1 aliphatic carbocycles. The summed E-state index contributed by atoms with van der Waals surface area (Å²) in [6, 6.07) is 0. The van der Waals surface area contributed by atoms with Crippen molar-refractivity contribution in [2.75, 3.05) is 0 Å². The third-order valence-corrected chi connectivity index (χ3v) is 3.72. The van der Waals surface area contributed by atoms with Gasteiger partial charge in [0.2, 0.25) is 0 Å². The molecular weight excluding hydrogens is 160 g/mol. The van der Waals surface area contributed by atoms with Gasteiger partial charge in [-0.15, -0.1) is 0 Å². The van der Waals surface area contributed by atoms with Gasteiger partial charge in [-0.2, -0.15) is 0 Å². The second kappa shape index (κ2) is 3.81. The smallest absolute Gasteiger partial charge is 0.138 e. The van der Waals surface area contributed by atoms with Crippen LogP contribution in [0.25, 0.3) is 0 Å². The van der Waals surface area contributed by atoms with Gasteiger partial charge in [0.25, 0.3) is 0 Å². The minimum Gasteiger partial charge on any atom is -0.299 e. The zero-order valence-electron chi connectivity index (χ0n) is 9.39. The Labute approximate surface area is 81.9 Å². The highest BCUT2D eigenvalue weighted by atomic mass is 16.1. The monoisotopic (exact) mass is 182 g/mol. The van der Waals surface area contributed by atoms with Gasteiger partial charge < -0.3 is 0 Å². The fourth-order valence-corrected chi connectivity index (χ4v) is 2.54. The molecule has 0 spiro atoms. The minimum atomic E-state index is 0.0175. The SMILES string of the molecule is CCC(=O)[C@]1(C)CCC(C(C)C)C1. The number of Topliss-reactive ketones (excluding diaryl/α,β-unsaturated/α-hetero) is 1. The molecule has 0 bridgehead atoms. The van der Waals surface area contributed by atoms with E-state index in [2.05, 4.69) is 20.8 Å². The Balaban J connectivity index is 2.61. The van der Waals surface area contributed by atoms with Crippen molar-refractivity contribution in [3.05, 3.63) is 0 Å². The summed E-state index contributed by atoms with van der Waals surface area (Å²) >= 11 is 0. The van der Waals surface area contributed by atoms with E-state index in [1.807, 2.05) is 6.92 Å². The van der Waals surface area contributed by atoms with Crippen LogP contribution in [0, 0.1) is 17.3 Å². The molecule has 1 rings (SSSR count). The van der Waals surface area contributed by atoms with Crippen LogP contribution in [0.3, 0.4) is 0 Å². The first-order chi connectivity index (χ1) is 5.99. The molecule has 13 heavy (non-hydrogen) atoms. The number of carbonyl (C=O) groups is 1. The molecule has 0 heterocycles. The highest BCUT2D eigenvalue weighted by Crippen LogP contribution is 2.45. The Morgan fingerprint density at radius 3 is 2.54 bits per heavy atom. The molecule has 0 radical (unpaired) electrons. The molecule has 0 amide bonds. The van der Waals surface area contributed by atoms with E-state index < -0.39 is 0 Å². The normalized spacial score (nSPS) is 34.1. The first-order valence-corrected chi connectivity index (χ1v) is 5.53. The van der Waals surface area contributed by atoms with Gasteiger partial charge in [0.15, 0.2) is 0 Å². The average Bonchev–Trinajstić information content (AvgIpc) is 2.48. The molecule has 1 heteroatoms. The van der Waals surface area contributed by atoms with E-state index in [1.165, 1.54) is 6.42 Å². The number of ketones is 1. The number of rotatable bonds is 3. The van der Waals surface area contributed by atoms with E-state index in [9.17, 15) is 4.79 Å². The lowest BCUT2D eigenvalue weighted by Gasteiger charge is -2.22. The van der Waals surface area contributed by atoms with Crippen molar-refractivity contribution in [1.82, 2.24) is 0 Å². The molecule has 1 unspecified atom stereocenters. The Bertz CT molecular complexity index is 195. The standard InChI is InChI=1S/C12H22O/c1-5-11(13)12(4)7-6-10(8-12)9(2)3/h9-10H,5-8H2,1-4H3/t10?,12-/m1/s1. The van der Waals surface area contributed by atoms with Crippen LogP contribution in [0.2, 0.25) is 0 Å². The Morgan fingerprint density at radius 2 is 2.15 bits per heavy atom. The molecule has 0 saturated heterocycles. The van der Waals surface area contributed by atoms with Crippen LogP contribution < -0.4 is 0 Å². The highest BCUT2D eigenvalue weighted by molar-refractivity contribution is 5.84. The first-order valence-electron chi connectivity index (χ1n) is 5.53. The molecule has 1 aliphatic rings. The van der Waals surface area contributed by atoms with E-state index >= 15 is 0 Å². The van der Waals surface area contributed by atoms with Crippen LogP contribution in [0.5, 0.6) is 0 Å². The van der Waals surface area contributed by atoms with Crippen molar-refractivity contribution < 1.29 is 4.79 Å². The van der Waals surface area contributed by atoms with Crippen molar-refractivity contribution in [3.63, 3.8) is 0 Å². The maximum absolute atomic E-state index is 11.7. The van der Waals surface area contributed by atoms with E-state index in [1.54, 1.807) is 0 Å². The zero-order valence-corrected chi connectivity index (χ0v) is 9.39. The maximum atomic E-state index is 11.7. The van der Waals surface area contributed by atoms with E-state index in [4.69, 9.17) is 0 Å². The largest absolute Gasteiger partial charge is 0.299 e. The van der Waals surface area contributed by atoms with E-state index in [0.29, 0.717) is 12.2 Å². The van der Waals surface area contributed by atoms with Gasteiger partial charge in [-0.3, -0.25) is 4.79 Å². The maximum Gasteiger partial charge on any atom is 0.138 e. The second-order valence-corrected chi connectivity index (χ2v) is 5.08. The molecule has 0 aromatic heterocycles. The van der Waals surface area contributed by atoms with Crippen molar-refractivity contribution >= 4 is 5.78 Å². The number of carbonyl (C=O) groups excluding carboxylic acids is 1. The fraction of sp³-hybridized carbons (Fsp3) is 0.917. The lowest BCUT2D eigenvalue weighted by molar-refractivity contribution is -0.127. The van der Waals surface area contributed by atoms with Crippen molar-refractivity contribution in [2.45, 2.75) is 53.4 Å². The molecule has 1 nitrogen and oxygen atoms in total. The van der Waals surface area contributed by atoms with Crippen molar-refractivity contribution in [1.29, 1.82) is 0 Å². The van der Waals surface area contributed by atoms with Gasteiger partial charge in [-0.25, -0.2) is 0 Å². The zero-order chi connectivity index (χ0) is 10.1. The molecule has 76 valence electrons. The molecule has 1 saturated carbocycles. The topological polar surface area (TPSA) is 17.1 Å². The van der Waals surface area contributed by atoms with Crippen LogP contribution in [0.4, 0.5) is 0 Å². The van der Waals surface area contributed by atoms with Crippen molar-refractivity contribution in [3.8, 4) is 0 Å². The minimum absolute atomic E-state index is 0.0175. The summed E-state index contributed by atoms with van der Waals surface area (Å²) in [5.41, 5.74) is 0.0175. The summed E-state index contributed by atoms with van der Waals surface area (Å²) in [6.07, 6.45) is 4.20. The average molecular weight is 182 g/mol. The Kier molecular flexibility index (Phi) is 3.15. The summed E-state index contributed by atoms with van der Waals surface area (Å²) in [6.45, 7) is 8.68. The number of hydrogen-bond acceptors (Lipinski definition) is 1. The molecule has 1 fully saturated rings. The van der Waals surface area contributed by atoms with Crippen LogP contribution in [-0.4, -0.2) is 5.78 Å². The van der Waals surface area contributed by atoms with Crippen LogP contribution >= 0.6 is 0 Å². The number of hydrogen-bond donors (Lipinski definition) is 0. The van der Waals surface area contributed by atoms with E-state index in [0.717, 1.165) is 24.7 Å². The van der Waals surface area contributed by atoms with Crippen LogP contribution in [0.15, 0.2) is 0 Å². The molecule has 0 aliphatic heterocycles. The lowest BCUT2D eigenvalue weighted by atomic mass is 9.80. The van der Waals surface area contributed by atoms with Crippen molar-refractivity contribution in [2.24, 2.45) is 17.3 Å². The second-order valence-electron chi connectivity index (χ2n) is 5.08. The molecule has 0 aromatic carbocycles.